The van der Waals surface area contributed by atoms with Crippen molar-refractivity contribution in [3.05, 3.63) is 18.3 Å². The lowest BCUT2D eigenvalue weighted by molar-refractivity contribution is -0.137. The van der Waals surface area contributed by atoms with Crippen molar-refractivity contribution in [2.75, 3.05) is 50.7 Å². The van der Waals surface area contributed by atoms with E-state index in [1.165, 1.54) is 6.42 Å². The second-order valence-corrected chi connectivity index (χ2v) is 8.23. The molecule has 0 aromatic carbocycles. The minimum Gasteiger partial charge on any atom is -0.347 e. The molecule has 0 N–H and O–H groups in total. The maximum Gasteiger partial charge on any atom is 0.227 e. The highest BCUT2D eigenvalue weighted by Gasteiger charge is 2.31. The van der Waals surface area contributed by atoms with Crippen LogP contribution in [0, 0.1) is 5.92 Å². The van der Waals surface area contributed by atoms with Crippen molar-refractivity contribution in [2.45, 2.75) is 26.2 Å². The van der Waals surface area contributed by atoms with E-state index in [1.54, 1.807) is 11.3 Å². The Morgan fingerprint density at radius 2 is 2.12 bits per heavy atom. The summed E-state index contributed by atoms with van der Waals surface area (Å²) in [6.45, 7) is 8.90. The van der Waals surface area contributed by atoms with Crippen LogP contribution in [0.2, 0.25) is 0 Å². The van der Waals surface area contributed by atoms with Crippen LogP contribution in [0.1, 0.15) is 26.2 Å². The van der Waals surface area contributed by atoms with Gasteiger partial charge < -0.3 is 9.80 Å². The van der Waals surface area contributed by atoms with E-state index in [0.717, 1.165) is 74.1 Å². The first-order valence-corrected chi connectivity index (χ1v) is 10.5. The molecule has 1 amide bonds. The molecule has 0 aliphatic carbocycles. The van der Waals surface area contributed by atoms with Gasteiger partial charge in [-0.3, -0.25) is 9.69 Å². The van der Waals surface area contributed by atoms with Gasteiger partial charge in [-0.2, -0.15) is 0 Å². The van der Waals surface area contributed by atoms with Crippen LogP contribution in [0.25, 0.3) is 10.3 Å². The smallest absolute Gasteiger partial charge is 0.227 e. The molecule has 0 unspecified atom stereocenters. The summed E-state index contributed by atoms with van der Waals surface area (Å²) >= 11 is 1.63. The van der Waals surface area contributed by atoms with E-state index >= 15 is 0 Å². The molecule has 2 aromatic heterocycles. The van der Waals surface area contributed by atoms with E-state index in [2.05, 4.69) is 26.6 Å². The summed E-state index contributed by atoms with van der Waals surface area (Å²) in [5.74, 6) is 0.437. The molecule has 2 aromatic rings. The van der Waals surface area contributed by atoms with Crippen LogP contribution >= 0.6 is 11.3 Å². The number of hydrogen-bond donors (Lipinski definition) is 0. The van der Waals surface area contributed by atoms with Crippen LogP contribution < -0.4 is 4.90 Å². The first-order chi connectivity index (χ1) is 12.7. The molecule has 2 aliphatic heterocycles. The van der Waals surface area contributed by atoms with Gasteiger partial charge in [-0.15, -0.1) is 0 Å². The first-order valence-electron chi connectivity index (χ1n) is 9.72. The minimum absolute atomic E-state index is 0.0986. The van der Waals surface area contributed by atoms with Gasteiger partial charge in [-0.05, 0) is 37.9 Å². The van der Waals surface area contributed by atoms with Gasteiger partial charge in [0.15, 0.2) is 5.13 Å². The van der Waals surface area contributed by atoms with Crippen molar-refractivity contribution < 1.29 is 4.79 Å². The lowest BCUT2D eigenvalue weighted by atomic mass is 9.96. The number of thiazole rings is 1. The Morgan fingerprint density at radius 3 is 2.88 bits per heavy atom. The Bertz CT molecular complexity index is 722. The van der Waals surface area contributed by atoms with Crippen LogP contribution in [-0.2, 0) is 4.79 Å². The fraction of sp³-hybridized carbons (Fsp3) is 0.632. The van der Waals surface area contributed by atoms with E-state index in [0.29, 0.717) is 5.91 Å². The minimum atomic E-state index is 0.0986. The Hall–Kier alpha value is -1.73. The van der Waals surface area contributed by atoms with E-state index < -0.39 is 0 Å². The van der Waals surface area contributed by atoms with Crippen LogP contribution in [-0.4, -0.2) is 71.5 Å². The molecule has 1 atom stereocenters. The Morgan fingerprint density at radius 1 is 1.27 bits per heavy atom. The lowest BCUT2D eigenvalue weighted by Gasteiger charge is -2.39. The van der Waals surface area contributed by atoms with Gasteiger partial charge in [0, 0.05) is 45.5 Å². The number of nitrogens with zero attached hydrogens (tertiary/aromatic N) is 5. The average molecular weight is 374 g/mol. The standard InChI is InChI=1S/C19H27N5OS/c1-2-8-22-10-12-23(13-11-22)18(25)15-5-4-9-24(14-15)19-21-16-6-3-7-20-17(16)26-19/h3,6-7,15H,2,4-5,8-14H2,1H3/t15-/m0/s1. The zero-order valence-corrected chi connectivity index (χ0v) is 16.2. The highest BCUT2D eigenvalue weighted by Crippen LogP contribution is 2.31. The van der Waals surface area contributed by atoms with Crippen LogP contribution in [0.15, 0.2) is 18.3 Å². The molecule has 0 saturated carbocycles. The Kier molecular flexibility index (Phi) is 5.36. The number of rotatable bonds is 4. The van der Waals surface area contributed by atoms with Gasteiger partial charge in [0.05, 0.1) is 5.92 Å². The van der Waals surface area contributed by atoms with Crippen LogP contribution in [0.4, 0.5) is 5.13 Å². The second-order valence-electron chi connectivity index (χ2n) is 7.28. The third kappa shape index (κ3) is 3.69. The summed E-state index contributed by atoms with van der Waals surface area (Å²) in [5.41, 5.74) is 0.952. The van der Waals surface area contributed by atoms with Crippen LogP contribution in [0.5, 0.6) is 0 Å². The van der Waals surface area contributed by atoms with Crippen LogP contribution in [0.3, 0.4) is 0 Å². The number of piperidine rings is 1. The summed E-state index contributed by atoms with van der Waals surface area (Å²) in [6, 6.07) is 3.93. The van der Waals surface area contributed by atoms with Gasteiger partial charge in [-0.1, -0.05) is 18.3 Å². The number of amides is 1. The molecular formula is C19H27N5OS. The molecule has 0 bridgehead atoms. The summed E-state index contributed by atoms with van der Waals surface area (Å²) in [5, 5.41) is 1.00. The molecule has 2 saturated heterocycles. The lowest BCUT2D eigenvalue weighted by Crippen LogP contribution is -2.52. The average Bonchev–Trinajstić information content (AvgIpc) is 3.13. The zero-order valence-electron chi connectivity index (χ0n) is 15.4. The fourth-order valence-electron chi connectivity index (χ4n) is 4.01. The van der Waals surface area contributed by atoms with Crippen molar-refractivity contribution in [3.63, 3.8) is 0 Å². The monoisotopic (exact) mass is 373 g/mol. The maximum atomic E-state index is 13.0. The number of anilines is 1. The van der Waals surface area contributed by atoms with Crippen molar-refractivity contribution in [1.29, 1.82) is 0 Å². The van der Waals surface area contributed by atoms with Gasteiger partial charge in [0.25, 0.3) is 0 Å². The number of carbonyl (C=O) groups excluding carboxylic acids is 1. The molecule has 4 rings (SSSR count). The highest BCUT2D eigenvalue weighted by atomic mass is 32.1. The molecule has 4 heterocycles. The van der Waals surface area contributed by atoms with Crippen molar-refractivity contribution >= 4 is 32.7 Å². The molecule has 2 aliphatic rings. The third-order valence-corrected chi connectivity index (χ3v) is 6.46. The molecule has 0 radical (unpaired) electrons. The maximum absolute atomic E-state index is 13.0. The van der Waals surface area contributed by atoms with Crippen molar-refractivity contribution in [2.24, 2.45) is 5.92 Å². The van der Waals surface area contributed by atoms with Crippen molar-refractivity contribution in [3.8, 4) is 0 Å². The third-order valence-electron chi connectivity index (χ3n) is 5.42. The number of pyridine rings is 1. The second kappa shape index (κ2) is 7.88. The summed E-state index contributed by atoms with van der Waals surface area (Å²) in [7, 11) is 0. The van der Waals surface area contributed by atoms with E-state index in [1.807, 2.05) is 18.3 Å². The first kappa shape index (κ1) is 17.7. The zero-order chi connectivity index (χ0) is 17.9. The summed E-state index contributed by atoms with van der Waals surface area (Å²) < 4.78 is 0. The predicted molar refractivity (Wildman–Crippen MR) is 106 cm³/mol. The molecule has 26 heavy (non-hydrogen) atoms. The van der Waals surface area contributed by atoms with E-state index in [-0.39, 0.29) is 5.92 Å². The van der Waals surface area contributed by atoms with Gasteiger partial charge in [0.1, 0.15) is 10.3 Å². The molecular weight excluding hydrogens is 346 g/mol. The van der Waals surface area contributed by atoms with Gasteiger partial charge in [-0.25, -0.2) is 9.97 Å². The predicted octanol–water partition coefficient (Wildman–Crippen LogP) is 2.46. The number of carbonyl (C=O) groups is 1. The summed E-state index contributed by atoms with van der Waals surface area (Å²) in [6.07, 6.45) is 5.04. The van der Waals surface area contributed by atoms with Crippen molar-refractivity contribution in [1.82, 2.24) is 19.8 Å². The number of fused-ring (bicyclic) bond motifs is 1. The summed E-state index contributed by atoms with van der Waals surface area (Å²) in [4.78, 5) is 29.9. The van der Waals surface area contributed by atoms with Gasteiger partial charge >= 0.3 is 0 Å². The largest absolute Gasteiger partial charge is 0.347 e. The Labute approximate surface area is 158 Å². The van der Waals surface area contributed by atoms with E-state index in [9.17, 15) is 4.79 Å². The molecule has 2 fully saturated rings. The number of aromatic nitrogens is 2. The quantitative estimate of drug-likeness (QED) is 0.824. The fourth-order valence-corrected chi connectivity index (χ4v) is 4.96. The Balaban J connectivity index is 1.39. The molecule has 140 valence electrons. The van der Waals surface area contributed by atoms with E-state index in [4.69, 9.17) is 4.98 Å². The molecule has 7 heteroatoms. The molecule has 6 nitrogen and oxygen atoms in total. The SMILES string of the molecule is CCCN1CCN(C(=O)[C@H]2CCCN(c3nc4cccnc4s3)C2)CC1. The number of piperazine rings is 1. The molecule has 0 spiro atoms. The number of hydrogen-bond acceptors (Lipinski definition) is 6. The normalized spacial score (nSPS) is 22.1. The highest BCUT2D eigenvalue weighted by molar-refractivity contribution is 7.21. The van der Waals surface area contributed by atoms with Gasteiger partial charge in [0.2, 0.25) is 5.91 Å². The topological polar surface area (TPSA) is 52.6 Å².